The molecule has 0 bridgehead atoms. The summed E-state index contributed by atoms with van der Waals surface area (Å²) in [5.41, 5.74) is -0.476. The van der Waals surface area contributed by atoms with E-state index in [9.17, 15) is 23.1 Å². The molecule has 0 aliphatic carbocycles. The molecule has 1 aromatic rings. The summed E-state index contributed by atoms with van der Waals surface area (Å²) in [6.07, 6.45) is -2.07. The molecule has 0 spiro atoms. The molecule has 28 heavy (non-hydrogen) atoms. The predicted octanol–water partition coefficient (Wildman–Crippen LogP) is 1.90. The zero-order valence-corrected chi connectivity index (χ0v) is 17.7. The van der Waals surface area contributed by atoms with E-state index in [1.807, 2.05) is 6.07 Å². The second-order valence-corrected chi connectivity index (χ2v) is 9.02. The minimum Gasteiger partial charge on any atom is -0.456 e. The highest BCUT2D eigenvalue weighted by Crippen LogP contribution is 2.26. The second kappa shape index (κ2) is 9.99. The highest BCUT2D eigenvalue weighted by atomic mass is 32.2. The monoisotopic (exact) mass is 415 g/mol. The van der Waals surface area contributed by atoms with E-state index in [1.54, 1.807) is 38.1 Å². The number of hydrogen-bond acceptors (Lipinski definition) is 7. The van der Waals surface area contributed by atoms with Crippen LogP contribution in [0.25, 0.3) is 0 Å². The Morgan fingerprint density at radius 1 is 1.21 bits per heavy atom. The van der Waals surface area contributed by atoms with Crippen molar-refractivity contribution >= 4 is 22.0 Å². The Bertz CT molecular complexity index is 762. The molecule has 2 unspecified atom stereocenters. The van der Waals surface area contributed by atoms with Gasteiger partial charge in [-0.3, -0.25) is 8.98 Å². The maximum absolute atomic E-state index is 12.3. The van der Waals surface area contributed by atoms with Crippen LogP contribution in [-0.4, -0.2) is 43.5 Å². The van der Waals surface area contributed by atoms with Crippen LogP contribution in [0.3, 0.4) is 0 Å². The lowest BCUT2D eigenvalue weighted by Crippen LogP contribution is -2.44. The van der Waals surface area contributed by atoms with Crippen molar-refractivity contribution < 1.29 is 32.0 Å². The largest absolute Gasteiger partial charge is 0.456 e. The molecule has 1 amide bonds. The number of carbonyl (C=O) groups excluding carboxylic acids is 2. The van der Waals surface area contributed by atoms with Gasteiger partial charge in [-0.2, -0.15) is 8.42 Å². The van der Waals surface area contributed by atoms with Crippen LogP contribution in [0.1, 0.15) is 52.7 Å². The molecule has 1 rings (SSSR count). The number of esters is 1. The molecule has 0 saturated heterocycles. The summed E-state index contributed by atoms with van der Waals surface area (Å²) < 4.78 is 34.8. The third-order valence-electron chi connectivity index (χ3n) is 4.20. The molecule has 0 saturated carbocycles. The molecule has 0 aromatic heterocycles. The molecule has 2 N–H and O–H groups in total. The fourth-order valence-corrected chi connectivity index (χ4v) is 3.70. The van der Waals surface area contributed by atoms with Gasteiger partial charge in [0, 0.05) is 12.3 Å². The molecule has 8 nitrogen and oxygen atoms in total. The SMILES string of the molecule is CCC(NC(C)=O)S(=O)(=O)OCC(C)(C)[C@@H](O)C(=O)OC(C)c1ccccc1. The standard InChI is InChI=1S/C19H29NO7S/c1-6-16(20-14(3)21)28(24,25)26-12-19(4,5)17(22)18(23)27-13(2)15-10-8-7-9-11-15/h7-11,13,16-17,22H,6,12H2,1-5H3,(H,20,21)/t13?,16?,17-/m0/s1. The van der Waals surface area contributed by atoms with Crippen molar-refractivity contribution in [1.82, 2.24) is 5.32 Å². The van der Waals surface area contributed by atoms with Gasteiger partial charge in [-0.25, -0.2) is 4.79 Å². The average Bonchev–Trinajstić information content (AvgIpc) is 2.64. The minimum atomic E-state index is -4.12. The molecule has 0 heterocycles. The van der Waals surface area contributed by atoms with Crippen molar-refractivity contribution in [3.8, 4) is 0 Å². The van der Waals surface area contributed by atoms with Crippen molar-refractivity contribution in [3.63, 3.8) is 0 Å². The van der Waals surface area contributed by atoms with E-state index in [-0.39, 0.29) is 6.42 Å². The molecule has 0 radical (unpaired) electrons. The molecule has 3 atom stereocenters. The van der Waals surface area contributed by atoms with Gasteiger partial charge in [0.05, 0.1) is 6.61 Å². The summed E-state index contributed by atoms with van der Waals surface area (Å²) >= 11 is 0. The average molecular weight is 416 g/mol. The van der Waals surface area contributed by atoms with E-state index in [2.05, 4.69) is 5.32 Å². The summed E-state index contributed by atoms with van der Waals surface area (Å²) in [6.45, 7) is 6.98. The van der Waals surface area contributed by atoms with E-state index in [0.717, 1.165) is 5.56 Å². The summed E-state index contributed by atoms with van der Waals surface area (Å²) in [6, 6.07) is 9.02. The maximum Gasteiger partial charge on any atom is 0.336 e. The minimum absolute atomic E-state index is 0.113. The molecule has 1 aromatic carbocycles. The third-order valence-corrected chi connectivity index (χ3v) is 5.80. The van der Waals surface area contributed by atoms with Crippen LogP contribution in [0.2, 0.25) is 0 Å². The van der Waals surface area contributed by atoms with Crippen LogP contribution in [-0.2, 0) is 28.6 Å². The fraction of sp³-hybridized carbons (Fsp3) is 0.579. The molecule has 0 aliphatic rings. The van der Waals surface area contributed by atoms with Gasteiger partial charge in [0.1, 0.15) is 6.10 Å². The number of carbonyl (C=O) groups is 2. The lowest BCUT2D eigenvalue weighted by Gasteiger charge is -2.30. The molecule has 0 aliphatic heterocycles. The number of amides is 1. The molecule has 158 valence electrons. The third kappa shape index (κ3) is 6.88. The Morgan fingerprint density at radius 2 is 1.79 bits per heavy atom. The van der Waals surface area contributed by atoms with Crippen molar-refractivity contribution in [2.75, 3.05) is 6.61 Å². The number of aliphatic hydroxyl groups excluding tert-OH is 1. The van der Waals surface area contributed by atoms with Crippen LogP contribution in [0.4, 0.5) is 0 Å². The Labute approximate surface area is 166 Å². The Hall–Kier alpha value is -1.97. The molecular formula is C19H29NO7S. The van der Waals surface area contributed by atoms with Gasteiger partial charge in [-0.15, -0.1) is 0 Å². The van der Waals surface area contributed by atoms with Crippen LogP contribution in [0, 0.1) is 5.41 Å². The molecule has 9 heteroatoms. The van der Waals surface area contributed by atoms with Crippen molar-refractivity contribution in [3.05, 3.63) is 35.9 Å². The van der Waals surface area contributed by atoms with E-state index in [1.165, 1.54) is 20.8 Å². The highest BCUT2D eigenvalue weighted by Gasteiger charge is 2.38. The quantitative estimate of drug-likeness (QED) is 0.442. The predicted molar refractivity (Wildman–Crippen MR) is 104 cm³/mol. The first kappa shape index (κ1) is 24.1. The molecule has 0 fully saturated rings. The summed E-state index contributed by atoms with van der Waals surface area (Å²) in [7, 11) is -4.12. The van der Waals surface area contributed by atoms with Gasteiger partial charge >= 0.3 is 5.97 Å². The van der Waals surface area contributed by atoms with Crippen LogP contribution >= 0.6 is 0 Å². The number of ether oxygens (including phenoxy) is 1. The summed E-state index contributed by atoms with van der Waals surface area (Å²) in [4.78, 5) is 23.4. The van der Waals surface area contributed by atoms with E-state index in [0.29, 0.717) is 0 Å². The summed E-state index contributed by atoms with van der Waals surface area (Å²) in [5.74, 6) is -1.38. The van der Waals surface area contributed by atoms with Crippen molar-refractivity contribution in [2.24, 2.45) is 5.41 Å². The smallest absolute Gasteiger partial charge is 0.336 e. The maximum atomic E-state index is 12.3. The van der Waals surface area contributed by atoms with Gasteiger partial charge in [-0.05, 0) is 18.9 Å². The van der Waals surface area contributed by atoms with Gasteiger partial charge in [0.15, 0.2) is 11.5 Å². The first-order chi connectivity index (χ1) is 12.9. The van der Waals surface area contributed by atoms with E-state index >= 15 is 0 Å². The zero-order chi connectivity index (χ0) is 21.5. The number of hydrogen-bond donors (Lipinski definition) is 2. The number of aliphatic hydroxyl groups is 1. The lowest BCUT2D eigenvalue weighted by atomic mass is 9.87. The first-order valence-electron chi connectivity index (χ1n) is 8.99. The van der Waals surface area contributed by atoms with E-state index in [4.69, 9.17) is 8.92 Å². The van der Waals surface area contributed by atoms with Crippen LogP contribution < -0.4 is 5.32 Å². The van der Waals surface area contributed by atoms with Gasteiger partial charge in [-0.1, -0.05) is 51.1 Å². The van der Waals surface area contributed by atoms with Crippen LogP contribution in [0.15, 0.2) is 30.3 Å². The first-order valence-corrected chi connectivity index (χ1v) is 10.5. The van der Waals surface area contributed by atoms with Gasteiger partial charge in [0.25, 0.3) is 10.1 Å². The fourth-order valence-electron chi connectivity index (χ4n) is 2.35. The topological polar surface area (TPSA) is 119 Å². The van der Waals surface area contributed by atoms with Gasteiger partial charge < -0.3 is 15.2 Å². The summed E-state index contributed by atoms with van der Waals surface area (Å²) in [5, 5.41) is 11.5. The second-order valence-electron chi connectivity index (χ2n) is 7.23. The highest BCUT2D eigenvalue weighted by molar-refractivity contribution is 7.87. The number of benzene rings is 1. The van der Waals surface area contributed by atoms with Crippen LogP contribution in [0.5, 0.6) is 0 Å². The zero-order valence-electron chi connectivity index (χ0n) is 16.8. The number of nitrogens with one attached hydrogen (secondary N) is 1. The van der Waals surface area contributed by atoms with Crippen molar-refractivity contribution in [2.45, 2.75) is 58.6 Å². The Balaban J connectivity index is 2.74. The van der Waals surface area contributed by atoms with Crippen molar-refractivity contribution in [1.29, 1.82) is 0 Å². The van der Waals surface area contributed by atoms with Gasteiger partial charge in [0.2, 0.25) is 5.91 Å². The normalized spacial score (nSPS) is 15.4. The lowest BCUT2D eigenvalue weighted by molar-refractivity contribution is -0.166. The van der Waals surface area contributed by atoms with E-state index < -0.39 is 51.6 Å². The molecular weight excluding hydrogens is 386 g/mol. The Morgan fingerprint density at radius 3 is 2.29 bits per heavy atom. The number of rotatable bonds is 10. The Kier molecular flexibility index (Phi) is 8.59.